The highest BCUT2D eigenvalue weighted by Gasteiger charge is 2.22. The van der Waals surface area contributed by atoms with Crippen LogP contribution in [0.1, 0.15) is 0 Å². The van der Waals surface area contributed by atoms with Crippen LogP contribution in [0, 0.1) is 0 Å². The Labute approximate surface area is 205 Å². The molecule has 3 N–H and O–H groups in total. The summed E-state index contributed by atoms with van der Waals surface area (Å²) in [6.07, 6.45) is 1.57. The number of hydrogen-bond donors (Lipinski definition) is 2. The maximum Gasteiger partial charge on any atom is 0.173 e. The molecule has 0 radical (unpaired) electrons. The quantitative estimate of drug-likeness (QED) is 0.383. The van der Waals surface area contributed by atoms with Crippen molar-refractivity contribution in [1.29, 1.82) is 0 Å². The molecule has 3 aromatic carbocycles. The summed E-state index contributed by atoms with van der Waals surface area (Å²) in [5.41, 5.74) is 13.7. The predicted octanol–water partition coefficient (Wildman–Crippen LogP) is 4.56. The average Bonchev–Trinajstić information content (AvgIpc) is 2.94. The number of nitrogens with zero attached hydrogens (tertiary/aromatic N) is 5. The van der Waals surface area contributed by atoms with Crippen molar-refractivity contribution in [3.8, 4) is 5.75 Å². The molecule has 1 aliphatic heterocycles. The minimum Gasteiger partial charge on any atom is -0.497 e. The second kappa shape index (κ2) is 10.2. The molecule has 0 saturated carbocycles. The summed E-state index contributed by atoms with van der Waals surface area (Å²) in [6.45, 7) is 3.37. The lowest BCUT2D eigenvalue weighted by molar-refractivity contribution is 0.415. The molecule has 0 bridgehead atoms. The van der Waals surface area contributed by atoms with Gasteiger partial charge in [-0.05, 0) is 48.5 Å². The van der Waals surface area contributed by atoms with Crippen LogP contribution in [0.3, 0.4) is 0 Å². The molecule has 178 valence electrons. The van der Waals surface area contributed by atoms with Gasteiger partial charge < -0.3 is 20.3 Å². The first kappa shape index (κ1) is 22.3. The van der Waals surface area contributed by atoms with Crippen molar-refractivity contribution in [2.75, 3.05) is 59.3 Å². The van der Waals surface area contributed by atoms with Gasteiger partial charge in [0.25, 0.3) is 0 Å². The highest BCUT2D eigenvalue weighted by Crippen LogP contribution is 2.31. The molecule has 0 unspecified atom stereocenters. The summed E-state index contributed by atoms with van der Waals surface area (Å²) in [5, 5.41) is 1.98. The lowest BCUT2D eigenvalue weighted by Gasteiger charge is -2.37. The summed E-state index contributed by atoms with van der Waals surface area (Å²) in [5.74, 6) is 2.18. The van der Waals surface area contributed by atoms with Crippen LogP contribution in [0.4, 0.5) is 34.4 Å². The van der Waals surface area contributed by atoms with Gasteiger partial charge in [-0.3, -0.25) is 10.4 Å². The molecule has 0 atom stereocenters. The van der Waals surface area contributed by atoms with Crippen LogP contribution in [0.5, 0.6) is 5.75 Å². The summed E-state index contributed by atoms with van der Waals surface area (Å²) in [4.78, 5) is 13.6. The van der Waals surface area contributed by atoms with E-state index in [1.54, 1.807) is 13.4 Å². The largest absolute Gasteiger partial charge is 0.497 e. The third kappa shape index (κ3) is 4.91. The Morgan fingerprint density at radius 1 is 0.771 bits per heavy atom. The first-order chi connectivity index (χ1) is 17.2. The molecule has 8 heteroatoms. The molecule has 1 fully saturated rings. The first-order valence-corrected chi connectivity index (χ1v) is 11.6. The third-order valence-electron chi connectivity index (χ3n) is 6.13. The van der Waals surface area contributed by atoms with Crippen LogP contribution in [-0.4, -0.2) is 43.3 Å². The topological polar surface area (TPSA) is 82.8 Å². The summed E-state index contributed by atoms with van der Waals surface area (Å²) >= 11 is 0. The maximum absolute atomic E-state index is 6.61. The normalized spacial score (nSPS) is 13.4. The lowest BCUT2D eigenvalue weighted by Crippen LogP contribution is -2.47. The van der Waals surface area contributed by atoms with Crippen molar-refractivity contribution in [1.82, 2.24) is 9.97 Å². The predicted molar refractivity (Wildman–Crippen MR) is 143 cm³/mol. The van der Waals surface area contributed by atoms with Crippen LogP contribution in [0.2, 0.25) is 0 Å². The monoisotopic (exact) mass is 467 g/mol. The number of aromatic nitrogens is 2. The molecule has 0 aliphatic carbocycles. The number of benzene rings is 3. The Balaban J connectivity index is 1.34. The highest BCUT2D eigenvalue weighted by molar-refractivity contribution is 5.78. The number of nitrogens with one attached hydrogen (secondary N) is 1. The van der Waals surface area contributed by atoms with E-state index in [-0.39, 0.29) is 0 Å². The number of ether oxygens (including phenoxy) is 1. The number of nitrogen functional groups attached to an aromatic ring is 1. The SMILES string of the molecule is COc1ccc(N2CCN(c3ncnc(NN(c4ccccc4)c4ccccc4)c3N)CC2)cc1. The molecule has 8 nitrogen and oxygen atoms in total. The summed E-state index contributed by atoms with van der Waals surface area (Å²) < 4.78 is 5.28. The van der Waals surface area contributed by atoms with E-state index < -0.39 is 0 Å². The van der Waals surface area contributed by atoms with Crippen LogP contribution in [-0.2, 0) is 0 Å². The van der Waals surface area contributed by atoms with E-state index in [2.05, 4.69) is 37.3 Å². The van der Waals surface area contributed by atoms with Gasteiger partial charge in [-0.15, -0.1) is 0 Å². The van der Waals surface area contributed by atoms with E-state index in [1.807, 2.05) is 77.8 Å². The zero-order chi connectivity index (χ0) is 24.0. The van der Waals surface area contributed by atoms with Crippen molar-refractivity contribution in [2.24, 2.45) is 0 Å². The Morgan fingerprint density at radius 3 is 1.91 bits per heavy atom. The highest BCUT2D eigenvalue weighted by atomic mass is 16.5. The van der Waals surface area contributed by atoms with Crippen molar-refractivity contribution >= 4 is 34.4 Å². The Bertz CT molecular complexity index is 1190. The molecule has 35 heavy (non-hydrogen) atoms. The molecule has 0 spiro atoms. The van der Waals surface area contributed by atoms with Gasteiger partial charge in [0, 0.05) is 31.9 Å². The van der Waals surface area contributed by atoms with Gasteiger partial charge in [-0.1, -0.05) is 36.4 Å². The number of piperazine rings is 1. The molecule has 1 aromatic heterocycles. The fraction of sp³-hybridized carbons (Fsp3) is 0.185. The molecule has 2 heterocycles. The van der Waals surface area contributed by atoms with E-state index >= 15 is 0 Å². The number of nitrogens with two attached hydrogens (primary N) is 1. The van der Waals surface area contributed by atoms with Gasteiger partial charge in [0.15, 0.2) is 11.6 Å². The van der Waals surface area contributed by atoms with Gasteiger partial charge in [0.05, 0.1) is 18.5 Å². The van der Waals surface area contributed by atoms with Crippen molar-refractivity contribution < 1.29 is 4.74 Å². The van der Waals surface area contributed by atoms with E-state index in [0.29, 0.717) is 11.5 Å². The number of anilines is 6. The first-order valence-electron chi connectivity index (χ1n) is 11.6. The van der Waals surface area contributed by atoms with Gasteiger partial charge >= 0.3 is 0 Å². The zero-order valence-electron chi connectivity index (χ0n) is 19.7. The second-order valence-corrected chi connectivity index (χ2v) is 8.25. The average molecular weight is 468 g/mol. The van der Waals surface area contributed by atoms with Crippen molar-refractivity contribution in [3.05, 3.63) is 91.3 Å². The Hall–Kier alpha value is -4.46. The molecular formula is C27H29N7O. The van der Waals surface area contributed by atoms with Gasteiger partial charge in [-0.2, -0.15) is 0 Å². The third-order valence-corrected chi connectivity index (χ3v) is 6.13. The number of methoxy groups -OCH3 is 1. The van der Waals surface area contributed by atoms with Gasteiger partial charge in [-0.25, -0.2) is 9.97 Å². The van der Waals surface area contributed by atoms with Crippen molar-refractivity contribution in [3.63, 3.8) is 0 Å². The van der Waals surface area contributed by atoms with Gasteiger partial charge in [0.2, 0.25) is 0 Å². The summed E-state index contributed by atoms with van der Waals surface area (Å²) in [6, 6.07) is 28.3. The zero-order valence-corrected chi connectivity index (χ0v) is 19.7. The standard InChI is InChI=1S/C27H29N7O/c1-35-24-14-12-21(13-15-24)32-16-18-33(19-17-32)27-25(28)26(29-20-30-27)31-34(22-8-4-2-5-9-22)23-10-6-3-7-11-23/h2-15,20H,16-19,28H2,1H3,(H,29,30,31). The summed E-state index contributed by atoms with van der Waals surface area (Å²) in [7, 11) is 1.68. The van der Waals surface area contributed by atoms with Crippen LogP contribution < -0.4 is 30.7 Å². The molecule has 1 saturated heterocycles. The van der Waals surface area contributed by atoms with Gasteiger partial charge in [0.1, 0.15) is 17.8 Å². The van der Waals surface area contributed by atoms with Crippen LogP contribution in [0.15, 0.2) is 91.3 Å². The van der Waals surface area contributed by atoms with Crippen LogP contribution >= 0.6 is 0 Å². The van der Waals surface area contributed by atoms with E-state index in [1.165, 1.54) is 5.69 Å². The fourth-order valence-corrected chi connectivity index (χ4v) is 4.24. The molecule has 0 amide bonds. The molecule has 5 rings (SSSR count). The van der Waals surface area contributed by atoms with E-state index in [4.69, 9.17) is 10.5 Å². The smallest absolute Gasteiger partial charge is 0.173 e. The van der Waals surface area contributed by atoms with E-state index in [0.717, 1.165) is 49.1 Å². The second-order valence-electron chi connectivity index (χ2n) is 8.25. The minimum absolute atomic E-state index is 0.530. The molecular weight excluding hydrogens is 438 g/mol. The fourth-order valence-electron chi connectivity index (χ4n) is 4.24. The Morgan fingerprint density at radius 2 is 1.34 bits per heavy atom. The molecule has 1 aliphatic rings. The molecule has 4 aromatic rings. The number of hydrazine groups is 1. The minimum atomic E-state index is 0.530. The Kier molecular flexibility index (Phi) is 6.52. The van der Waals surface area contributed by atoms with Crippen LogP contribution in [0.25, 0.3) is 0 Å². The van der Waals surface area contributed by atoms with E-state index in [9.17, 15) is 0 Å². The number of rotatable bonds is 7. The number of para-hydroxylation sites is 2. The van der Waals surface area contributed by atoms with Crippen molar-refractivity contribution in [2.45, 2.75) is 0 Å². The number of hydrogen-bond acceptors (Lipinski definition) is 8. The lowest BCUT2D eigenvalue weighted by atomic mass is 10.2. The maximum atomic E-state index is 6.61.